The summed E-state index contributed by atoms with van der Waals surface area (Å²) in [6.45, 7) is 10.9. The fourth-order valence-corrected chi connectivity index (χ4v) is 2.50. The lowest BCUT2D eigenvalue weighted by molar-refractivity contribution is 0.0220. The van der Waals surface area contributed by atoms with E-state index in [4.69, 9.17) is 9.73 Å². The van der Waals surface area contributed by atoms with Crippen molar-refractivity contribution in [3.05, 3.63) is 0 Å². The van der Waals surface area contributed by atoms with Crippen LogP contribution in [0.15, 0.2) is 4.99 Å². The fraction of sp³-hybridized carbons (Fsp3) is 0.933. The van der Waals surface area contributed by atoms with Crippen molar-refractivity contribution in [2.75, 3.05) is 45.9 Å². The number of nitrogens with zero attached hydrogens (tertiary/aromatic N) is 2. The monoisotopic (exact) mass is 410 g/mol. The molecule has 21 heavy (non-hydrogen) atoms. The zero-order valence-electron chi connectivity index (χ0n) is 13.4. The maximum absolute atomic E-state index is 5.39. The average molecular weight is 410 g/mol. The van der Waals surface area contributed by atoms with Gasteiger partial charge in [0.25, 0.3) is 0 Å². The molecule has 0 aromatic heterocycles. The summed E-state index contributed by atoms with van der Waals surface area (Å²) in [5, 5.41) is 6.78. The highest BCUT2D eigenvalue weighted by Crippen LogP contribution is 2.31. The fourth-order valence-electron chi connectivity index (χ4n) is 2.50. The third-order valence-electron chi connectivity index (χ3n) is 4.07. The molecular weight excluding hydrogens is 379 g/mol. The van der Waals surface area contributed by atoms with Gasteiger partial charge in [-0.1, -0.05) is 12.8 Å². The van der Waals surface area contributed by atoms with Gasteiger partial charge in [0.15, 0.2) is 5.96 Å². The molecule has 1 saturated carbocycles. The number of hydrogen-bond donors (Lipinski definition) is 2. The molecule has 0 aromatic carbocycles. The standard InChI is InChI=1S/C15H30N4O.HI/c1-3-16-15(17-7-6-14-4-5-14)18-12-13(2)19-8-10-20-11-9-19;/h13-14H,3-12H2,1-2H3,(H2,16,17,18);1H. The minimum absolute atomic E-state index is 0. The van der Waals surface area contributed by atoms with E-state index in [0.29, 0.717) is 6.04 Å². The van der Waals surface area contributed by atoms with Crippen LogP contribution >= 0.6 is 24.0 Å². The first-order chi connectivity index (χ1) is 9.79. The van der Waals surface area contributed by atoms with Gasteiger partial charge in [-0.15, -0.1) is 24.0 Å². The molecule has 0 spiro atoms. The van der Waals surface area contributed by atoms with E-state index in [2.05, 4.69) is 29.4 Å². The van der Waals surface area contributed by atoms with E-state index in [-0.39, 0.29) is 24.0 Å². The van der Waals surface area contributed by atoms with Gasteiger partial charge < -0.3 is 15.4 Å². The highest BCUT2D eigenvalue weighted by molar-refractivity contribution is 14.0. The molecule has 2 aliphatic rings. The zero-order chi connectivity index (χ0) is 14.2. The van der Waals surface area contributed by atoms with Crippen molar-refractivity contribution in [2.45, 2.75) is 39.2 Å². The second kappa shape index (κ2) is 10.6. The molecule has 0 aromatic rings. The summed E-state index contributed by atoms with van der Waals surface area (Å²) in [6, 6.07) is 0.484. The first-order valence-electron chi connectivity index (χ1n) is 8.13. The SMILES string of the molecule is CCNC(=NCC(C)N1CCOCC1)NCCC1CC1.I. The Labute approximate surface area is 146 Å². The van der Waals surface area contributed by atoms with Crippen molar-refractivity contribution in [3.63, 3.8) is 0 Å². The Bertz CT molecular complexity index is 304. The predicted molar refractivity (Wildman–Crippen MR) is 98.6 cm³/mol. The van der Waals surface area contributed by atoms with E-state index in [1.165, 1.54) is 19.3 Å². The highest BCUT2D eigenvalue weighted by atomic mass is 127. The van der Waals surface area contributed by atoms with Crippen LogP contribution in [0.2, 0.25) is 0 Å². The Morgan fingerprint density at radius 3 is 2.62 bits per heavy atom. The van der Waals surface area contributed by atoms with E-state index in [1.54, 1.807) is 0 Å². The molecule has 5 nitrogen and oxygen atoms in total. The predicted octanol–water partition coefficient (Wildman–Crippen LogP) is 1.68. The van der Waals surface area contributed by atoms with Gasteiger partial charge in [0.2, 0.25) is 0 Å². The van der Waals surface area contributed by atoms with Crippen LogP contribution in [-0.4, -0.2) is 62.8 Å². The van der Waals surface area contributed by atoms with Crippen LogP contribution in [0.5, 0.6) is 0 Å². The van der Waals surface area contributed by atoms with E-state index < -0.39 is 0 Å². The van der Waals surface area contributed by atoms with Crippen LogP contribution in [0, 0.1) is 5.92 Å². The topological polar surface area (TPSA) is 48.9 Å². The number of halogens is 1. The Morgan fingerprint density at radius 2 is 2.00 bits per heavy atom. The van der Waals surface area contributed by atoms with E-state index in [0.717, 1.165) is 57.8 Å². The summed E-state index contributed by atoms with van der Waals surface area (Å²) in [5.74, 6) is 1.94. The number of rotatable bonds is 7. The van der Waals surface area contributed by atoms with Gasteiger partial charge >= 0.3 is 0 Å². The number of ether oxygens (including phenoxy) is 1. The van der Waals surface area contributed by atoms with Gasteiger partial charge in [0.1, 0.15) is 0 Å². The van der Waals surface area contributed by atoms with Gasteiger partial charge in [-0.2, -0.15) is 0 Å². The van der Waals surface area contributed by atoms with Crippen LogP contribution in [0.4, 0.5) is 0 Å². The molecule has 1 aliphatic heterocycles. The van der Waals surface area contributed by atoms with E-state index >= 15 is 0 Å². The average Bonchev–Trinajstić information content (AvgIpc) is 3.29. The van der Waals surface area contributed by atoms with E-state index in [9.17, 15) is 0 Å². The van der Waals surface area contributed by atoms with Crippen LogP contribution in [0.25, 0.3) is 0 Å². The normalized spacial score (nSPS) is 21.5. The number of hydrogen-bond acceptors (Lipinski definition) is 3. The largest absolute Gasteiger partial charge is 0.379 e. The van der Waals surface area contributed by atoms with Crippen molar-refractivity contribution in [1.82, 2.24) is 15.5 Å². The number of aliphatic imine (C=N–C) groups is 1. The molecule has 0 bridgehead atoms. The molecule has 2 fully saturated rings. The lowest BCUT2D eigenvalue weighted by Crippen LogP contribution is -2.44. The second-order valence-corrected chi connectivity index (χ2v) is 5.88. The molecule has 1 aliphatic carbocycles. The molecule has 124 valence electrons. The van der Waals surface area contributed by atoms with Gasteiger partial charge in [-0.05, 0) is 26.2 Å². The van der Waals surface area contributed by atoms with Crippen LogP contribution in [0.1, 0.15) is 33.1 Å². The molecule has 1 atom stereocenters. The number of nitrogens with one attached hydrogen (secondary N) is 2. The third kappa shape index (κ3) is 7.65. The van der Waals surface area contributed by atoms with Crippen molar-refractivity contribution >= 4 is 29.9 Å². The lowest BCUT2D eigenvalue weighted by Gasteiger charge is -2.31. The third-order valence-corrected chi connectivity index (χ3v) is 4.07. The minimum Gasteiger partial charge on any atom is -0.379 e. The van der Waals surface area contributed by atoms with Crippen LogP contribution in [-0.2, 0) is 4.74 Å². The molecule has 2 rings (SSSR count). The van der Waals surface area contributed by atoms with Gasteiger partial charge in [0, 0.05) is 32.2 Å². The Morgan fingerprint density at radius 1 is 1.29 bits per heavy atom. The molecular formula is C15H31IN4O. The quantitative estimate of drug-likeness (QED) is 0.381. The van der Waals surface area contributed by atoms with Gasteiger partial charge in [0.05, 0.1) is 19.8 Å². The first kappa shape index (κ1) is 19.0. The Kier molecular flexibility index (Phi) is 9.59. The number of guanidine groups is 1. The molecule has 6 heteroatoms. The minimum atomic E-state index is 0. The van der Waals surface area contributed by atoms with Crippen LogP contribution < -0.4 is 10.6 Å². The highest BCUT2D eigenvalue weighted by Gasteiger charge is 2.20. The summed E-state index contributed by atoms with van der Waals surface area (Å²) in [7, 11) is 0. The Hall–Kier alpha value is -0.0800. The summed E-state index contributed by atoms with van der Waals surface area (Å²) in [6.07, 6.45) is 4.12. The summed E-state index contributed by atoms with van der Waals surface area (Å²) in [5.41, 5.74) is 0. The van der Waals surface area contributed by atoms with Gasteiger partial charge in [-0.25, -0.2) is 0 Å². The molecule has 1 saturated heterocycles. The first-order valence-corrected chi connectivity index (χ1v) is 8.13. The molecule has 0 radical (unpaired) electrons. The lowest BCUT2D eigenvalue weighted by atomic mass is 10.2. The van der Waals surface area contributed by atoms with Crippen molar-refractivity contribution in [2.24, 2.45) is 10.9 Å². The molecule has 1 heterocycles. The second-order valence-electron chi connectivity index (χ2n) is 5.88. The molecule has 0 amide bonds. The van der Waals surface area contributed by atoms with Crippen molar-refractivity contribution in [3.8, 4) is 0 Å². The Balaban J connectivity index is 0.00000220. The summed E-state index contributed by atoms with van der Waals surface area (Å²) in [4.78, 5) is 7.18. The molecule has 1 unspecified atom stereocenters. The van der Waals surface area contributed by atoms with Crippen LogP contribution in [0.3, 0.4) is 0 Å². The number of morpholine rings is 1. The summed E-state index contributed by atoms with van der Waals surface area (Å²) < 4.78 is 5.39. The summed E-state index contributed by atoms with van der Waals surface area (Å²) >= 11 is 0. The van der Waals surface area contributed by atoms with Crippen molar-refractivity contribution < 1.29 is 4.74 Å². The van der Waals surface area contributed by atoms with Gasteiger partial charge in [-0.3, -0.25) is 9.89 Å². The smallest absolute Gasteiger partial charge is 0.191 e. The maximum Gasteiger partial charge on any atom is 0.191 e. The van der Waals surface area contributed by atoms with E-state index in [1.807, 2.05) is 0 Å². The van der Waals surface area contributed by atoms with Crippen molar-refractivity contribution in [1.29, 1.82) is 0 Å². The zero-order valence-corrected chi connectivity index (χ0v) is 15.8. The molecule has 2 N–H and O–H groups in total. The maximum atomic E-state index is 5.39.